The largest absolute Gasteiger partial charge is 0.399 e. The summed E-state index contributed by atoms with van der Waals surface area (Å²) in [5.41, 5.74) is 6.67. The number of rotatable bonds is 4. The summed E-state index contributed by atoms with van der Waals surface area (Å²) < 4.78 is 12.9. The molecule has 0 aromatic heterocycles. The topological polar surface area (TPSA) is 38.0 Å². The highest BCUT2D eigenvalue weighted by atomic mass is 19.1. The van der Waals surface area contributed by atoms with E-state index in [4.69, 9.17) is 5.73 Å². The molecule has 0 heterocycles. The van der Waals surface area contributed by atoms with Gasteiger partial charge < -0.3 is 11.1 Å². The Morgan fingerprint density at radius 3 is 2.86 bits per heavy atom. The van der Waals surface area contributed by atoms with Crippen LogP contribution in [0.25, 0.3) is 0 Å². The number of hydrogen-bond donors (Lipinski definition) is 2. The fourth-order valence-corrected chi connectivity index (χ4v) is 1.18. The van der Waals surface area contributed by atoms with Gasteiger partial charge in [0.05, 0.1) is 0 Å². The minimum atomic E-state index is -0.307. The maximum Gasteiger partial charge on any atom is 0.127 e. The first-order chi connectivity index (χ1) is 6.72. The maximum absolute atomic E-state index is 12.9. The van der Waals surface area contributed by atoms with Gasteiger partial charge in [-0.25, -0.2) is 4.39 Å². The van der Waals surface area contributed by atoms with Crippen molar-refractivity contribution in [2.75, 3.05) is 17.6 Å². The summed E-state index contributed by atoms with van der Waals surface area (Å²) in [4.78, 5) is 0. The van der Waals surface area contributed by atoms with E-state index < -0.39 is 0 Å². The molecule has 0 spiro atoms. The predicted octanol–water partition coefficient (Wildman–Crippen LogP) is 2.79. The molecular formula is C11H15FN2. The van der Waals surface area contributed by atoms with E-state index in [-0.39, 0.29) is 5.82 Å². The third-order valence-electron chi connectivity index (χ3n) is 1.80. The summed E-state index contributed by atoms with van der Waals surface area (Å²) >= 11 is 0. The SMILES string of the molecule is C/C=C/CCNc1cc(N)cc(F)c1. The summed E-state index contributed by atoms with van der Waals surface area (Å²) in [5.74, 6) is -0.307. The van der Waals surface area contributed by atoms with Gasteiger partial charge in [0.1, 0.15) is 5.82 Å². The zero-order chi connectivity index (χ0) is 10.4. The van der Waals surface area contributed by atoms with E-state index in [0.29, 0.717) is 5.69 Å². The van der Waals surface area contributed by atoms with Crippen molar-refractivity contribution in [3.63, 3.8) is 0 Å². The highest BCUT2D eigenvalue weighted by Crippen LogP contribution is 2.15. The van der Waals surface area contributed by atoms with Crippen molar-refractivity contribution in [3.05, 3.63) is 36.2 Å². The first-order valence-electron chi connectivity index (χ1n) is 4.63. The molecule has 0 aliphatic carbocycles. The molecule has 2 nitrogen and oxygen atoms in total. The molecule has 0 saturated heterocycles. The number of benzene rings is 1. The number of hydrogen-bond acceptors (Lipinski definition) is 2. The summed E-state index contributed by atoms with van der Waals surface area (Å²) in [6.07, 6.45) is 4.96. The van der Waals surface area contributed by atoms with E-state index in [0.717, 1.165) is 18.7 Å². The van der Waals surface area contributed by atoms with Crippen molar-refractivity contribution >= 4 is 11.4 Å². The van der Waals surface area contributed by atoms with Gasteiger partial charge in [-0.05, 0) is 31.5 Å². The number of nitrogens with two attached hydrogens (primary N) is 1. The van der Waals surface area contributed by atoms with Gasteiger partial charge in [-0.1, -0.05) is 12.2 Å². The van der Waals surface area contributed by atoms with Gasteiger partial charge in [-0.2, -0.15) is 0 Å². The second-order valence-corrected chi connectivity index (χ2v) is 3.06. The number of allylic oxidation sites excluding steroid dienone is 1. The number of anilines is 2. The normalized spacial score (nSPS) is 10.7. The molecule has 0 amide bonds. The summed E-state index contributed by atoms with van der Waals surface area (Å²) in [6.45, 7) is 2.76. The minimum absolute atomic E-state index is 0.307. The molecule has 0 unspecified atom stereocenters. The van der Waals surface area contributed by atoms with E-state index in [9.17, 15) is 4.39 Å². The van der Waals surface area contributed by atoms with E-state index in [1.165, 1.54) is 12.1 Å². The smallest absolute Gasteiger partial charge is 0.127 e. The molecule has 0 aliphatic rings. The lowest BCUT2D eigenvalue weighted by Gasteiger charge is -2.05. The Morgan fingerprint density at radius 2 is 2.21 bits per heavy atom. The monoisotopic (exact) mass is 194 g/mol. The second-order valence-electron chi connectivity index (χ2n) is 3.06. The second kappa shape index (κ2) is 5.27. The van der Waals surface area contributed by atoms with Crippen LogP contribution in [0.2, 0.25) is 0 Å². The van der Waals surface area contributed by atoms with E-state index >= 15 is 0 Å². The van der Waals surface area contributed by atoms with Gasteiger partial charge in [0.15, 0.2) is 0 Å². The third-order valence-corrected chi connectivity index (χ3v) is 1.80. The molecule has 0 radical (unpaired) electrons. The van der Waals surface area contributed by atoms with Crippen molar-refractivity contribution in [2.24, 2.45) is 0 Å². The van der Waals surface area contributed by atoms with Crippen LogP contribution in [0.1, 0.15) is 13.3 Å². The van der Waals surface area contributed by atoms with Gasteiger partial charge in [-0.3, -0.25) is 0 Å². The van der Waals surface area contributed by atoms with Crippen molar-refractivity contribution < 1.29 is 4.39 Å². The average Bonchev–Trinajstić information content (AvgIpc) is 2.11. The summed E-state index contributed by atoms with van der Waals surface area (Å²) in [5, 5.41) is 3.09. The molecule has 0 bridgehead atoms. The Balaban J connectivity index is 2.50. The van der Waals surface area contributed by atoms with Crippen molar-refractivity contribution in [2.45, 2.75) is 13.3 Å². The fourth-order valence-electron chi connectivity index (χ4n) is 1.18. The van der Waals surface area contributed by atoms with Crippen LogP contribution in [0, 0.1) is 5.82 Å². The molecule has 1 aromatic rings. The molecule has 0 atom stereocenters. The quantitative estimate of drug-likeness (QED) is 0.439. The van der Waals surface area contributed by atoms with Gasteiger partial charge in [0.2, 0.25) is 0 Å². The molecule has 0 fully saturated rings. The zero-order valence-electron chi connectivity index (χ0n) is 8.26. The van der Waals surface area contributed by atoms with Crippen LogP contribution in [0.5, 0.6) is 0 Å². The minimum Gasteiger partial charge on any atom is -0.399 e. The molecule has 3 N–H and O–H groups in total. The summed E-state index contributed by atoms with van der Waals surface area (Å²) in [7, 11) is 0. The Morgan fingerprint density at radius 1 is 1.43 bits per heavy atom. The Bertz CT molecular complexity index is 301. The maximum atomic E-state index is 12.9. The highest BCUT2D eigenvalue weighted by molar-refractivity contribution is 5.54. The average molecular weight is 194 g/mol. The highest BCUT2D eigenvalue weighted by Gasteiger charge is 1.96. The van der Waals surface area contributed by atoms with Crippen molar-refractivity contribution in [1.29, 1.82) is 0 Å². The van der Waals surface area contributed by atoms with Crippen LogP contribution in [-0.4, -0.2) is 6.54 Å². The molecular weight excluding hydrogens is 179 g/mol. The Labute approximate surface area is 83.6 Å². The standard InChI is InChI=1S/C11H15FN2/c1-2-3-4-5-14-11-7-9(12)6-10(13)8-11/h2-3,6-8,14H,4-5,13H2,1H3/b3-2+. The van der Waals surface area contributed by atoms with Gasteiger partial charge in [-0.15, -0.1) is 0 Å². The zero-order valence-corrected chi connectivity index (χ0v) is 8.26. The van der Waals surface area contributed by atoms with E-state index in [2.05, 4.69) is 11.4 Å². The van der Waals surface area contributed by atoms with Crippen LogP contribution in [0.4, 0.5) is 15.8 Å². The first-order valence-corrected chi connectivity index (χ1v) is 4.63. The lowest BCUT2D eigenvalue weighted by atomic mass is 10.2. The van der Waals surface area contributed by atoms with Crippen LogP contribution >= 0.6 is 0 Å². The third kappa shape index (κ3) is 3.47. The number of halogens is 1. The van der Waals surface area contributed by atoms with Gasteiger partial charge in [0, 0.05) is 17.9 Å². The number of nitrogens with one attached hydrogen (secondary N) is 1. The molecule has 76 valence electrons. The lowest BCUT2D eigenvalue weighted by Crippen LogP contribution is -2.01. The van der Waals surface area contributed by atoms with Crippen LogP contribution in [-0.2, 0) is 0 Å². The lowest BCUT2D eigenvalue weighted by molar-refractivity contribution is 0.629. The van der Waals surface area contributed by atoms with Gasteiger partial charge >= 0.3 is 0 Å². The fraction of sp³-hybridized carbons (Fsp3) is 0.273. The number of nitrogen functional groups attached to an aromatic ring is 1. The van der Waals surface area contributed by atoms with Crippen LogP contribution in [0.15, 0.2) is 30.4 Å². The van der Waals surface area contributed by atoms with Crippen molar-refractivity contribution in [3.8, 4) is 0 Å². The van der Waals surface area contributed by atoms with Gasteiger partial charge in [0.25, 0.3) is 0 Å². The Hall–Kier alpha value is -1.51. The molecule has 0 saturated carbocycles. The van der Waals surface area contributed by atoms with Crippen molar-refractivity contribution in [1.82, 2.24) is 0 Å². The van der Waals surface area contributed by atoms with Crippen LogP contribution in [0.3, 0.4) is 0 Å². The Kier molecular flexibility index (Phi) is 3.98. The van der Waals surface area contributed by atoms with Crippen LogP contribution < -0.4 is 11.1 Å². The molecule has 1 aromatic carbocycles. The molecule has 14 heavy (non-hydrogen) atoms. The molecule has 3 heteroatoms. The predicted molar refractivity (Wildman–Crippen MR) is 58.7 cm³/mol. The summed E-state index contributed by atoms with van der Waals surface area (Å²) in [6, 6.07) is 4.46. The molecule has 0 aliphatic heterocycles. The first kappa shape index (κ1) is 10.6. The van der Waals surface area contributed by atoms with E-state index in [1.54, 1.807) is 6.07 Å². The molecule has 1 rings (SSSR count). The van der Waals surface area contributed by atoms with E-state index in [1.807, 2.05) is 13.0 Å².